The van der Waals surface area contributed by atoms with E-state index in [-0.39, 0.29) is 5.91 Å². The fraction of sp³-hybridized carbons (Fsp3) is 0.0952. The maximum Gasteiger partial charge on any atom is 0.265 e. The van der Waals surface area contributed by atoms with Gasteiger partial charge in [0.25, 0.3) is 5.91 Å². The Labute approximate surface area is 162 Å². The van der Waals surface area contributed by atoms with Gasteiger partial charge in [-0.05, 0) is 42.3 Å². The average Bonchev–Trinajstić information content (AvgIpc) is 2.66. The Kier molecular flexibility index (Phi) is 5.82. The molecule has 5 heteroatoms. The first-order chi connectivity index (χ1) is 12.5. The first kappa shape index (κ1) is 18.3. The van der Waals surface area contributed by atoms with Crippen LogP contribution in [0, 0.1) is 0 Å². The van der Waals surface area contributed by atoms with Crippen molar-refractivity contribution in [1.29, 1.82) is 0 Å². The van der Waals surface area contributed by atoms with E-state index in [1.165, 1.54) is 0 Å². The second kappa shape index (κ2) is 8.26. The summed E-state index contributed by atoms with van der Waals surface area (Å²) in [6, 6.07) is 22.7. The summed E-state index contributed by atoms with van der Waals surface area (Å²) in [7, 11) is 0. The summed E-state index contributed by atoms with van der Waals surface area (Å²) >= 11 is 12.1. The molecule has 1 amide bonds. The van der Waals surface area contributed by atoms with Gasteiger partial charge < -0.3 is 10.1 Å². The minimum Gasteiger partial charge on any atom is -0.481 e. The number of rotatable bonds is 5. The van der Waals surface area contributed by atoms with Crippen LogP contribution in [-0.2, 0) is 4.79 Å². The quantitative estimate of drug-likeness (QED) is 0.578. The molecule has 0 aliphatic carbocycles. The predicted octanol–water partition coefficient (Wildman–Crippen LogP) is 6.07. The van der Waals surface area contributed by atoms with Crippen LogP contribution in [-0.4, -0.2) is 12.0 Å². The second-order valence-electron chi connectivity index (χ2n) is 5.74. The molecule has 0 saturated heterocycles. The number of amides is 1. The number of para-hydroxylation sites is 1. The van der Waals surface area contributed by atoms with Crippen LogP contribution in [0.1, 0.15) is 6.92 Å². The summed E-state index contributed by atoms with van der Waals surface area (Å²) < 4.78 is 5.72. The first-order valence-corrected chi connectivity index (χ1v) is 8.87. The molecular weight excluding hydrogens is 369 g/mol. The van der Waals surface area contributed by atoms with Crippen LogP contribution in [0.25, 0.3) is 11.1 Å². The zero-order valence-corrected chi connectivity index (χ0v) is 15.6. The molecule has 0 aliphatic rings. The fourth-order valence-electron chi connectivity index (χ4n) is 2.46. The van der Waals surface area contributed by atoms with Crippen molar-refractivity contribution in [2.24, 2.45) is 0 Å². The van der Waals surface area contributed by atoms with E-state index < -0.39 is 6.10 Å². The minimum absolute atomic E-state index is 0.327. The van der Waals surface area contributed by atoms with Gasteiger partial charge in [-0.1, -0.05) is 71.7 Å². The van der Waals surface area contributed by atoms with Gasteiger partial charge in [0.05, 0.1) is 15.7 Å². The predicted molar refractivity (Wildman–Crippen MR) is 107 cm³/mol. The maximum atomic E-state index is 12.4. The average molecular weight is 386 g/mol. The van der Waals surface area contributed by atoms with E-state index in [0.29, 0.717) is 21.5 Å². The number of carbonyl (C=O) groups is 1. The molecule has 0 fully saturated rings. The van der Waals surface area contributed by atoms with Gasteiger partial charge in [0.15, 0.2) is 6.10 Å². The second-order valence-corrected chi connectivity index (χ2v) is 6.55. The Morgan fingerprint density at radius 3 is 2.04 bits per heavy atom. The highest BCUT2D eigenvalue weighted by atomic mass is 35.5. The molecule has 0 bridgehead atoms. The van der Waals surface area contributed by atoms with Crippen LogP contribution in [0.15, 0.2) is 72.8 Å². The van der Waals surface area contributed by atoms with Gasteiger partial charge in [0, 0.05) is 0 Å². The normalized spacial score (nSPS) is 11.7. The molecule has 0 aromatic heterocycles. The lowest BCUT2D eigenvalue weighted by Gasteiger charge is -2.16. The minimum atomic E-state index is -0.704. The van der Waals surface area contributed by atoms with Crippen molar-refractivity contribution in [1.82, 2.24) is 0 Å². The van der Waals surface area contributed by atoms with Crippen molar-refractivity contribution in [2.45, 2.75) is 13.0 Å². The van der Waals surface area contributed by atoms with E-state index in [4.69, 9.17) is 27.9 Å². The van der Waals surface area contributed by atoms with Crippen LogP contribution in [0.2, 0.25) is 10.0 Å². The van der Waals surface area contributed by atoms with E-state index in [1.54, 1.807) is 25.1 Å². The van der Waals surface area contributed by atoms with Gasteiger partial charge >= 0.3 is 0 Å². The summed E-state index contributed by atoms with van der Waals surface area (Å²) in [5.41, 5.74) is 2.59. The number of halogens is 2. The van der Waals surface area contributed by atoms with Gasteiger partial charge in [-0.3, -0.25) is 4.79 Å². The molecule has 0 spiro atoms. The van der Waals surface area contributed by atoms with Crippen LogP contribution >= 0.6 is 23.2 Å². The smallest absolute Gasteiger partial charge is 0.265 e. The summed E-state index contributed by atoms with van der Waals surface area (Å²) in [5, 5.41) is 3.47. The van der Waals surface area contributed by atoms with Crippen molar-refractivity contribution in [3.8, 4) is 16.9 Å². The highest BCUT2D eigenvalue weighted by Gasteiger charge is 2.17. The molecule has 0 heterocycles. The molecule has 3 aromatic rings. The molecule has 3 rings (SSSR count). The van der Waals surface area contributed by atoms with E-state index in [9.17, 15) is 4.79 Å². The zero-order chi connectivity index (χ0) is 18.5. The van der Waals surface area contributed by atoms with E-state index >= 15 is 0 Å². The van der Waals surface area contributed by atoms with Crippen molar-refractivity contribution in [3.05, 3.63) is 82.8 Å². The number of carbonyl (C=O) groups excluding carboxylic acids is 1. The molecule has 1 unspecified atom stereocenters. The van der Waals surface area contributed by atoms with Crippen LogP contribution in [0.3, 0.4) is 0 Å². The summed E-state index contributed by atoms with van der Waals surface area (Å²) in [6.45, 7) is 1.67. The van der Waals surface area contributed by atoms with Gasteiger partial charge in [-0.15, -0.1) is 0 Å². The number of hydrogen-bond acceptors (Lipinski definition) is 2. The maximum absolute atomic E-state index is 12.4. The molecular formula is C21H17Cl2NO2. The number of benzene rings is 3. The highest BCUT2D eigenvalue weighted by Crippen LogP contribution is 2.30. The molecule has 1 atom stereocenters. The molecule has 0 aliphatic heterocycles. The Morgan fingerprint density at radius 1 is 0.846 bits per heavy atom. The lowest BCUT2D eigenvalue weighted by molar-refractivity contribution is -0.122. The first-order valence-electron chi connectivity index (χ1n) is 8.11. The van der Waals surface area contributed by atoms with Crippen LogP contribution in [0.5, 0.6) is 5.75 Å². The number of nitrogens with one attached hydrogen (secondary N) is 1. The van der Waals surface area contributed by atoms with Crippen molar-refractivity contribution in [2.75, 3.05) is 5.32 Å². The van der Waals surface area contributed by atoms with E-state index in [0.717, 1.165) is 11.1 Å². The van der Waals surface area contributed by atoms with Crippen molar-refractivity contribution < 1.29 is 9.53 Å². The van der Waals surface area contributed by atoms with Gasteiger partial charge in [-0.25, -0.2) is 0 Å². The molecule has 3 nitrogen and oxygen atoms in total. The Bertz CT molecular complexity index is 875. The third kappa shape index (κ3) is 4.37. The third-order valence-electron chi connectivity index (χ3n) is 3.85. The molecule has 0 radical (unpaired) electrons. The van der Waals surface area contributed by atoms with Crippen molar-refractivity contribution >= 4 is 34.8 Å². The highest BCUT2D eigenvalue weighted by molar-refractivity contribution is 6.39. The van der Waals surface area contributed by atoms with Gasteiger partial charge in [0.1, 0.15) is 5.75 Å². The molecule has 0 saturated carbocycles. The van der Waals surface area contributed by atoms with Gasteiger partial charge in [-0.2, -0.15) is 0 Å². The Balaban J connectivity index is 1.66. The Morgan fingerprint density at radius 2 is 1.42 bits per heavy atom. The largest absolute Gasteiger partial charge is 0.481 e. The molecule has 3 aromatic carbocycles. The summed E-state index contributed by atoms with van der Waals surface area (Å²) in [5.74, 6) is 0.282. The fourth-order valence-corrected chi connectivity index (χ4v) is 2.95. The van der Waals surface area contributed by atoms with Gasteiger partial charge in [0.2, 0.25) is 0 Å². The van der Waals surface area contributed by atoms with Crippen LogP contribution in [0.4, 0.5) is 5.69 Å². The van der Waals surface area contributed by atoms with Crippen molar-refractivity contribution in [3.63, 3.8) is 0 Å². The number of anilines is 1. The zero-order valence-electron chi connectivity index (χ0n) is 14.1. The van der Waals surface area contributed by atoms with Crippen LogP contribution < -0.4 is 10.1 Å². The molecule has 26 heavy (non-hydrogen) atoms. The monoisotopic (exact) mass is 385 g/mol. The summed E-state index contributed by atoms with van der Waals surface area (Å²) in [4.78, 5) is 12.4. The number of hydrogen-bond donors (Lipinski definition) is 1. The molecule has 132 valence electrons. The topological polar surface area (TPSA) is 38.3 Å². The third-order valence-corrected chi connectivity index (χ3v) is 4.48. The number of ether oxygens (including phenoxy) is 1. The SMILES string of the molecule is CC(Oc1ccc(-c2ccccc2)cc1)C(=O)Nc1c(Cl)cccc1Cl. The summed E-state index contributed by atoms with van der Waals surface area (Å²) in [6.07, 6.45) is -0.704. The lowest BCUT2D eigenvalue weighted by Crippen LogP contribution is -2.30. The Hall–Kier alpha value is -2.49. The molecule has 1 N–H and O–H groups in total. The standard InChI is InChI=1S/C21H17Cl2NO2/c1-14(21(25)24-20-18(22)8-5-9-19(20)23)26-17-12-10-16(11-13-17)15-6-3-2-4-7-15/h2-14H,1H3,(H,24,25). The van der Waals surface area contributed by atoms with E-state index in [2.05, 4.69) is 5.32 Å². The lowest BCUT2D eigenvalue weighted by atomic mass is 10.1. The van der Waals surface area contributed by atoms with E-state index in [1.807, 2.05) is 54.6 Å².